The zero-order valence-electron chi connectivity index (χ0n) is 18.7. The number of unbranched alkanes of at least 4 members (excludes halogenated alkanes) is 3. The van der Waals surface area contributed by atoms with Gasteiger partial charge < -0.3 is 8.97 Å². The van der Waals surface area contributed by atoms with Gasteiger partial charge >= 0.3 is 0 Å². The van der Waals surface area contributed by atoms with E-state index in [2.05, 4.69) is 88.9 Å². The third-order valence-corrected chi connectivity index (χ3v) is 5.97. The minimum atomic E-state index is 1.13. The fourth-order valence-corrected chi connectivity index (χ4v) is 3.81. The molecule has 0 amide bonds. The molecule has 0 unspecified atom stereocenters. The smallest absolute Gasteiger partial charge is 0.0823 e. The molecule has 0 radical (unpaired) electrons. The van der Waals surface area contributed by atoms with Crippen molar-refractivity contribution in [2.75, 3.05) is 54.4 Å². The molecule has 28 heavy (non-hydrogen) atoms. The minimum absolute atomic E-state index is 1.13. The summed E-state index contributed by atoms with van der Waals surface area (Å²) in [7, 11) is 9.53. The molecule has 0 aliphatic rings. The van der Waals surface area contributed by atoms with E-state index in [1.807, 2.05) is 0 Å². The first-order valence-corrected chi connectivity index (χ1v) is 11.1. The third kappa shape index (κ3) is 9.52. The second-order valence-corrected chi connectivity index (χ2v) is 9.65. The Labute approximate surface area is 174 Å². The number of hydrogen-bond donors (Lipinski definition) is 0. The van der Waals surface area contributed by atoms with E-state index >= 15 is 0 Å². The zero-order valence-corrected chi connectivity index (χ0v) is 18.7. The fourth-order valence-electron chi connectivity index (χ4n) is 3.81. The van der Waals surface area contributed by atoms with E-state index in [1.165, 1.54) is 75.8 Å². The number of benzene rings is 2. The number of likely N-dealkylation sites (N-methyl/N-ethyl adjacent to an activating group) is 2. The maximum absolute atomic E-state index is 2.38. The molecular weight excluding hydrogens is 340 g/mol. The summed E-state index contributed by atoms with van der Waals surface area (Å²) in [5.74, 6) is 0. The van der Waals surface area contributed by atoms with Gasteiger partial charge in [0.05, 0.1) is 54.4 Å². The number of quaternary nitrogens is 2. The Kier molecular flexibility index (Phi) is 9.21. The van der Waals surface area contributed by atoms with Crippen molar-refractivity contribution in [1.29, 1.82) is 0 Å². The number of rotatable bonds is 13. The lowest BCUT2D eigenvalue weighted by atomic mass is 10.1. The second kappa shape index (κ2) is 11.4. The van der Waals surface area contributed by atoms with Crippen molar-refractivity contribution in [3.8, 4) is 0 Å². The summed E-state index contributed by atoms with van der Waals surface area (Å²) in [6.45, 7) is 5.04. The quantitative estimate of drug-likeness (QED) is 0.330. The monoisotopic (exact) mass is 382 g/mol. The molecule has 0 aromatic heterocycles. The second-order valence-electron chi connectivity index (χ2n) is 9.65. The van der Waals surface area contributed by atoms with Gasteiger partial charge in [0.25, 0.3) is 0 Å². The molecule has 0 heterocycles. The average molecular weight is 383 g/mol. The molecule has 2 rings (SSSR count). The number of hydrogen-bond acceptors (Lipinski definition) is 0. The van der Waals surface area contributed by atoms with Gasteiger partial charge in [-0.25, -0.2) is 0 Å². The van der Waals surface area contributed by atoms with Crippen LogP contribution >= 0.6 is 0 Å². The number of nitrogens with zero attached hydrogens (tertiary/aromatic N) is 2. The van der Waals surface area contributed by atoms with Gasteiger partial charge in [-0.3, -0.25) is 0 Å². The van der Waals surface area contributed by atoms with Gasteiger partial charge in [-0.1, -0.05) is 60.7 Å². The van der Waals surface area contributed by atoms with Gasteiger partial charge in [-0.2, -0.15) is 0 Å². The topological polar surface area (TPSA) is 0 Å². The molecule has 0 saturated heterocycles. The van der Waals surface area contributed by atoms with E-state index in [1.54, 1.807) is 0 Å². The van der Waals surface area contributed by atoms with Crippen molar-refractivity contribution < 1.29 is 8.97 Å². The van der Waals surface area contributed by atoms with Crippen LogP contribution < -0.4 is 0 Å². The van der Waals surface area contributed by atoms with E-state index in [4.69, 9.17) is 0 Å². The lowest BCUT2D eigenvalue weighted by Gasteiger charge is -2.31. The predicted octanol–water partition coefficient (Wildman–Crippen LogP) is 5.19. The summed E-state index contributed by atoms with van der Waals surface area (Å²) in [6, 6.07) is 21.8. The molecule has 2 aromatic carbocycles. The molecule has 2 aromatic rings. The van der Waals surface area contributed by atoms with Crippen LogP contribution in [0.25, 0.3) is 0 Å². The summed E-state index contributed by atoms with van der Waals surface area (Å²) in [6.07, 6.45) is 7.79. The van der Waals surface area contributed by atoms with Gasteiger partial charge in [-0.05, 0) is 36.8 Å². The van der Waals surface area contributed by atoms with Crippen LogP contribution in [-0.4, -0.2) is 63.3 Å². The molecule has 2 nitrogen and oxygen atoms in total. The van der Waals surface area contributed by atoms with Crippen LogP contribution in [0, 0.1) is 0 Å². The standard InChI is InChI=1S/C26H42N2/c1-27(2,23-19-25-15-9-7-10-16-25)21-13-5-6-14-22-28(3,4)24-20-26-17-11-8-12-18-26/h7-12,15-18H,5-6,13-14,19-24H2,1-4H3/q+2. The lowest BCUT2D eigenvalue weighted by molar-refractivity contribution is -0.891. The largest absolute Gasteiger partial charge is 0.328 e. The van der Waals surface area contributed by atoms with Crippen molar-refractivity contribution in [1.82, 2.24) is 0 Å². The summed E-state index contributed by atoms with van der Waals surface area (Å²) in [5, 5.41) is 0. The molecule has 0 N–H and O–H groups in total. The average Bonchev–Trinajstić information content (AvgIpc) is 2.69. The van der Waals surface area contributed by atoms with E-state index in [9.17, 15) is 0 Å². The van der Waals surface area contributed by atoms with Crippen LogP contribution in [-0.2, 0) is 12.8 Å². The SMILES string of the molecule is C[N+](C)(CCCCCC[N+](C)(C)CCc1ccccc1)CCc1ccccc1. The molecule has 2 heteroatoms. The van der Waals surface area contributed by atoms with Crippen LogP contribution in [0.1, 0.15) is 36.8 Å². The molecule has 0 atom stereocenters. The van der Waals surface area contributed by atoms with Gasteiger partial charge in [-0.15, -0.1) is 0 Å². The Balaban J connectivity index is 1.55. The van der Waals surface area contributed by atoms with Crippen LogP contribution in [0.15, 0.2) is 60.7 Å². The summed E-state index contributed by atoms with van der Waals surface area (Å²) in [5.41, 5.74) is 2.92. The molecule has 0 spiro atoms. The van der Waals surface area contributed by atoms with Crippen LogP contribution in [0.5, 0.6) is 0 Å². The Morgan fingerprint density at radius 3 is 1.18 bits per heavy atom. The lowest BCUT2D eigenvalue weighted by Crippen LogP contribution is -2.42. The zero-order chi connectivity index (χ0) is 20.3. The van der Waals surface area contributed by atoms with E-state index in [0.29, 0.717) is 0 Å². The Hall–Kier alpha value is -1.64. The highest BCUT2D eigenvalue weighted by molar-refractivity contribution is 5.15. The highest BCUT2D eigenvalue weighted by Gasteiger charge is 2.16. The van der Waals surface area contributed by atoms with Crippen LogP contribution in [0.3, 0.4) is 0 Å². The molecule has 0 bridgehead atoms. The molecule has 0 aliphatic carbocycles. The summed E-state index contributed by atoms with van der Waals surface area (Å²) in [4.78, 5) is 0. The van der Waals surface area contributed by atoms with E-state index < -0.39 is 0 Å². The fraction of sp³-hybridized carbons (Fsp3) is 0.538. The molecule has 0 aliphatic heterocycles. The minimum Gasteiger partial charge on any atom is -0.328 e. The van der Waals surface area contributed by atoms with Crippen LogP contribution in [0.2, 0.25) is 0 Å². The Bertz CT molecular complexity index is 587. The normalized spacial score (nSPS) is 12.3. The van der Waals surface area contributed by atoms with Gasteiger partial charge in [0.15, 0.2) is 0 Å². The molecule has 0 fully saturated rings. The first kappa shape index (κ1) is 22.6. The van der Waals surface area contributed by atoms with Crippen molar-refractivity contribution in [3.63, 3.8) is 0 Å². The Morgan fingerprint density at radius 2 is 0.821 bits per heavy atom. The third-order valence-electron chi connectivity index (χ3n) is 5.97. The summed E-state index contributed by atoms with van der Waals surface area (Å²) >= 11 is 0. The summed E-state index contributed by atoms with van der Waals surface area (Å²) < 4.78 is 2.26. The maximum atomic E-state index is 2.38. The van der Waals surface area contributed by atoms with Crippen molar-refractivity contribution in [2.24, 2.45) is 0 Å². The van der Waals surface area contributed by atoms with Gasteiger partial charge in [0, 0.05) is 12.8 Å². The highest BCUT2D eigenvalue weighted by atomic mass is 15.3. The maximum Gasteiger partial charge on any atom is 0.0823 e. The van der Waals surface area contributed by atoms with Crippen LogP contribution in [0.4, 0.5) is 0 Å². The van der Waals surface area contributed by atoms with E-state index in [0.717, 1.165) is 8.97 Å². The van der Waals surface area contributed by atoms with Crippen molar-refractivity contribution in [3.05, 3.63) is 71.8 Å². The van der Waals surface area contributed by atoms with Gasteiger partial charge in [0.2, 0.25) is 0 Å². The van der Waals surface area contributed by atoms with Crippen molar-refractivity contribution in [2.45, 2.75) is 38.5 Å². The van der Waals surface area contributed by atoms with E-state index in [-0.39, 0.29) is 0 Å². The van der Waals surface area contributed by atoms with Gasteiger partial charge in [0.1, 0.15) is 0 Å². The highest BCUT2D eigenvalue weighted by Crippen LogP contribution is 2.11. The molecule has 154 valence electrons. The van der Waals surface area contributed by atoms with Crippen molar-refractivity contribution >= 4 is 0 Å². The molecular formula is C26H42N2+2. The first-order valence-electron chi connectivity index (χ1n) is 11.1. The predicted molar refractivity (Wildman–Crippen MR) is 122 cm³/mol. The first-order chi connectivity index (χ1) is 13.4. The Morgan fingerprint density at radius 1 is 0.464 bits per heavy atom. The molecule has 0 saturated carbocycles.